The SMILES string of the molecule is CNCCCNC(=O)C(NC(=O)c1ccc(F)cc1)C(C)C. The van der Waals surface area contributed by atoms with E-state index in [-0.39, 0.29) is 17.7 Å². The highest BCUT2D eigenvalue weighted by atomic mass is 19.1. The molecule has 2 amide bonds. The predicted molar refractivity (Wildman–Crippen MR) is 84.0 cm³/mol. The van der Waals surface area contributed by atoms with Gasteiger partial charge in [0.1, 0.15) is 11.9 Å². The van der Waals surface area contributed by atoms with Gasteiger partial charge in [0.25, 0.3) is 5.91 Å². The van der Waals surface area contributed by atoms with E-state index in [0.29, 0.717) is 12.1 Å². The number of amides is 2. The van der Waals surface area contributed by atoms with Gasteiger partial charge < -0.3 is 16.0 Å². The second-order valence-corrected chi connectivity index (χ2v) is 5.45. The Balaban J connectivity index is 2.61. The highest BCUT2D eigenvalue weighted by Gasteiger charge is 2.24. The lowest BCUT2D eigenvalue weighted by molar-refractivity contribution is -0.123. The topological polar surface area (TPSA) is 70.2 Å². The molecule has 22 heavy (non-hydrogen) atoms. The zero-order chi connectivity index (χ0) is 16.5. The Kier molecular flexibility index (Phi) is 7.52. The van der Waals surface area contributed by atoms with E-state index in [1.54, 1.807) is 0 Å². The molecule has 3 N–H and O–H groups in total. The summed E-state index contributed by atoms with van der Waals surface area (Å²) in [4.78, 5) is 24.3. The lowest BCUT2D eigenvalue weighted by Gasteiger charge is -2.21. The molecule has 0 aliphatic heterocycles. The van der Waals surface area contributed by atoms with Crippen molar-refractivity contribution in [1.82, 2.24) is 16.0 Å². The second kappa shape index (κ2) is 9.15. The van der Waals surface area contributed by atoms with Gasteiger partial charge in [-0.05, 0) is 50.2 Å². The first kappa shape index (κ1) is 18.1. The van der Waals surface area contributed by atoms with Gasteiger partial charge in [-0.3, -0.25) is 9.59 Å². The minimum Gasteiger partial charge on any atom is -0.354 e. The van der Waals surface area contributed by atoms with E-state index in [1.165, 1.54) is 24.3 Å². The van der Waals surface area contributed by atoms with Crippen molar-refractivity contribution in [1.29, 1.82) is 0 Å². The largest absolute Gasteiger partial charge is 0.354 e. The molecule has 1 atom stereocenters. The first-order valence-corrected chi connectivity index (χ1v) is 7.44. The molecule has 0 saturated heterocycles. The number of hydrogen-bond acceptors (Lipinski definition) is 3. The van der Waals surface area contributed by atoms with E-state index < -0.39 is 11.9 Å². The van der Waals surface area contributed by atoms with Crippen molar-refractivity contribution in [2.75, 3.05) is 20.1 Å². The molecule has 122 valence electrons. The Labute approximate surface area is 130 Å². The molecule has 1 rings (SSSR count). The van der Waals surface area contributed by atoms with Gasteiger partial charge in [0.05, 0.1) is 0 Å². The summed E-state index contributed by atoms with van der Waals surface area (Å²) >= 11 is 0. The summed E-state index contributed by atoms with van der Waals surface area (Å²) in [6.07, 6.45) is 0.818. The molecule has 0 saturated carbocycles. The van der Waals surface area contributed by atoms with Gasteiger partial charge in [-0.25, -0.2) is 4.39 Å². The number of nitrogens with one attached hydrogen (secondary N) is 3. The number of halogens is 1. The lowest BCUT2D eigenvalue weighted by atomic mass is 10.0. The van der Waals surface area contributed by atoms with Crippen LogP contribution < -0.4 is 16.0 Å². The maximum absolute atomic E-state index is 12.9. The average molecular weight is 309 g/mol. The summed E-state index contributed by atoms with van der Waals surface area (Å²) in [6, 6.07) is 4.61. The molecule has 6 heteroatoms. The van der Waals surface area contributed by atoms with E-state index >= 15 is 0 Å². The third-order valence-corrected chi connectivity index (χ3v) is 3.24. The van der Waals surface area contributed by atoms with Crippen molar-refractivity contribution in [3.8, 4) is 0 Å². The summed E-state index contributed by atoms with van der Waals surface area (Å²) in [5, 5.41) is 8.52. The van der Waals surface area contributed by atoms with E-state index in [2.05, 4.69) is 16.0 Å². The number of carbonyl (C=O) groups is 2. The number of carbonyl (C=O) groups excluding carboxylic acids is 2. The Bertz CT molecular complexity index is 489. The minimum atomic E-state index is -0.618. The molecule has 0 aromatic heterocycles. The lowest BCUT2D eigenvalue weighted by Crippen LogP contribution is -2.50. The maximum Gasteiger partial charge on any atom is 0.251 e. The van der Waals surface area contributed by atoms with Crippen LogP contribution in [0.5, 0.6) is 0 Å². The highest BCUT2D eigenvalue weighted by Crippen LogP contribution is 2.06. The molecule has 0 radical (unpaired) electrons. The van der Waals surface area contributed by atoms with Crippen molar-refractivity contribution in [2.45, 2.75) is 26.3 Å². The Morgan fingerprint density at radius 3 is 2.32 bits per heavy atom. The van der Waals surface area contributed by atoms with Crippen LogP contribution in [0.4, 0.5) is 4.39 Å². The molecule has 0 bridgehead atoms. The molecule has 0 aliphatic carbocycles. The van der Waals surface area contributed by atoms with Gasteiger partial charge in [0, 0.05) is 12.1 Å². The number of benzene rings is 1. The fourth-order valence-electron chi connectivity index (χ4n) is 1.95. The molecule has 0 fully saturated rings. The molecule has 1 unspecified atom stereocenters. The van der Waals surface area contributed by atoms with Crippen molar-refractivity contribution in [3.05, 3.63) is 35.6 Å². The Morgan fingerprint density at radius 1 is 1.14 bits per heavy atom. The van der Waals surface area contributed by atoms with Gasteiger partial charge in [-0.2, -0.15) is 0 Å². The summed E-state index contributed by atoms with van der Waals surface area (Å²) in [5.74, 6) is -1.04. The van der Waals surface area contributed by atoms with Gasteiger partial charge >= 0.3 is 0 Å². The summed E-state index contributed by atoms with van der Waals surface area (Å²) in [6.45, 7) is 5.09. The molecule has 5 nitrogen and oxygen atoms in total. The molecule has 0 spiro atoms. The quantitative estimate of drug-likeness (QED) is 0.634. The average Bonchev–Trinajstić information content (AvgIpc) is 2.49. The smallest absolute Gasteiger partial charge is 0.251 e. The zero-order valence-electron chi connectivity index (χ0n) is 13.3. The highest BCUT2D eigenvalue weighted by molar-refractivity contribution is 5.97. The van der Waals surface area contributed by atoms with E-state index in [4.69, 9.17) is 0 Å². The first-order chi connectivity index (χ1) is 10.5. The molecular weight excluding hydrogens is 285 g/mol. The Morgan fingerprint density at radius 2 is 1.77 bits per heavy atom. The minimum absolute atomic E-state index is 0.0475. The number of hydrogen-bond donors (Lipinski definition) is 3. The van der Waals surface area contributed by atoms with E-state index in [1.807, 2.05) is 20.9 Å². The maximum atomic E-state index is 12.9. The summed E-state index contributed by atoms with van der Waals surface area (Å²) in [5.41, 5.74) is 0.329. The van der Waals surface area contributed by atoms with Crippen LogP contribution >= 0.6 is 0 Å². The van der Waals surface area contributed by atoms with Crippen molar-refractivity contribution in [3.63, 3.8) is 0 Å². The molecular formula is C16H24FN3O2. The van der Waals surface area contributed by atoms with Crippen molar-refractivity contribution >= 4 is 11.8 Å². The standard InChI is InChI=1S/C16H24FN3O2/c1-11(2)14(16(22)19-10-4-9-18-3)20-15(21)12-5-7-13(17)8-6-12/h5-8,11,14,18H,4,9-10H2,1-3H3,(H,19,22)(H,20,21). The van der Waals surface area contributed by atoms with Gasteiger partial charge in [-0.15, -0.1) is 0 Å². The van der Waals surface area contributed by atoms with Crippen LogP contribution in [0.25, 0.3) is 0 Å². The molecule has 0 heterocycles. The van der Waals surface area contributed by atoms with Crippen LogP contribution in [0.15, 0.2) is 24.3 Å². The summed E-state index contributed by atoms with van der Waals surface area (Å²) < 4.78 is 12.9. The van der Waals surface area contributed by atoms with Crippen molar-refractivity contribution < 1.29 is 14.0 Å². The van der Waals surface area contributed by atoms with Crippen molar-refractivity contribution in [2.24, 2.45) is 5.92 Å². The fraction of sp³-hybridized carbons (Fsp3) is 0.500. The van der Waals surface area contributed by atoms with E-state index in [0.717, 1.165) is 13.0 Å². The first-order valence-electron chi connectivity index (χ1n) is 7.44. The van der Waals surface area contributed by atoms with Gasteiger partial charge in [0.15, 0.2) is 0 Å². The predicted octanol–water partition coefficient (Wildman–Crippen LogP) is 1.31. The third-order valence-electron chi connectivity index (χ3n) is 3.24. The third kappa shape index (κ3) is 5.81. The molecule has 0 aliphatic rings. The van der Waals surface area contributed by atoms with Gasteiger partial charge in [-0.1, -0.05) is 13.8 Å². The van der Waals surface area contributed by atoms with Crippen LogP contribution in [0, 0.1) is 11.7 Å². The monoisotopic (exact) mass is 309 g/mol. The normalized spacial score (nSPS) is 12.0. The molecule has 1 aromatic carbocycles. The van der Waals surface area contributed by atoms with Crippen LogP contribution in [-0.2, 0) is 4.79 Å². The number of rotatable bonds is 8. The van der Waals surface area contributed by atoms with Crippen LogP contribution in [0.3, 0.4) is 0 Å². The Hall–Kier alpha value is -1.95. The van der Waals surface area contributed by atoms with Crippen LogP contribution in [0.2, 0.25) is 0 Å². The van der Waals surface area contributed by atoms with Crippen LogP contribution in [-0.4, -0.2) is 38.0 Å². The van der Waals surface area contributed by atoms with Gasteiger partial charge in [0.2, 0.25) is 5.91 Å². The van der Waals surface area contributed by atoms with Crippen LogP contribution in [0.1, 0.15) is 30.6 Å². The second-order valence-electron chi connectivity index (χ2n) is 5.45. The fourth-order valence-corrected chi connectivity index (χ4v) is 1.95. The molecule has 1 aromatic rings. The zero-order valence-corrected chi connectivity index (χ0v) is 13.3. The summed E-state index contributed by atoms with van der Waals surface area (Å²) in [7, 11) is 1.85. The van der Waals surface area contributed by atoms with E-state index in [9.17, 15) is 14.0 Å².